The van der Waals surface area contributed by atoms with Crippen molar-refractivity contribution in [3.8, 4) is 0 Å². The van der Waals surface area contributed by atoms with E-state index in [0.717, 1.165) is 0 Å². The van der Waals surface area contributed by atoms with Gasteiger partial charge in [-0.25, -0.2) is 15.2 Å². The van der Waals surface area contributed by atoms with Crippen LogP contribution < -0.4 is 11.2 Å². The van der Waals surface area contributed by atoms with Gasteiger partial charge in [0, 0.05) is 0 Å². The van der Waals surface area contributed by atoms with Crippen molar-refractivity contribution in [1.29, 1.82) is 0 Å². The number of nitrogens with zero attached hydrogens (tertiary/aromatic N) is 2. The minimum atomic E-state index is -0.710. The summed E-state index contributed by atoms with van der Waals surface area (Å²) in [4.78, 5) is 27.2. The number of rotatable bonds is 4. The van der Waals surface area contributed by atoms with E-state index in [1.807, 2.05) is 0 Å². The molecule has 1 aromatic carbocycles. The molecule has 0 unspecified atom stereocenters. The van der Waals surface area contributed by atoms with Crippen molar-refractivity contribution in [1.82, 2.24) is 10.4 Å². The first-order valence-electron chi connectivity index (χ1n) is 6.67. The monoisotopic (exact) mass is 400 g/mol. The molecule has 130 valence electrons. The summed E-state index contributed by atoms with van der Waals surface area (Å²) in [5, 5.41) is 3.49. The summed E-state index contributed by atoms with van der Waals surface area (Å²) in [5.74, 6) is -1.16. The van der Waals surface area contributed by atoms with E-state index in [1.165, 1.54) is 13.3 Å². The quantitative estimate of drug-likeness (QED) is 0.354. The summed E-state index contributed by atoms with van der Waals surface area (Å²) in [6, 6.07) is 6.38. The molecule has 0 radical (unpaired) electrons. The molecule has 0 saturated heterocycles. The van der Waals surface area contributed by atoms with E-state index in [0.29, 0.717) is 11.1 Å². The van der Waals surface area contributed by atoms with Crippen LogP contribution in [-0.4, -0.2) is 30.2 Å². The predicted octanol–water partition coefficient (Wildman–Crippen LogP) is 3.17. The zero-order valence-corrected chi connectivity index (χ0v) is 15.0. The average molecular weight is 402 g/mol. The Hall–Kier alpha value is -2.35. The fourth-order valence-electron chi connectivity index (χ4n) is 1.72. The normalized spacial score (nSPS) is 10.7. The van der Waals surface area contributed by atoms with E-state index in [9.17, 15) is 9.59 Å². The zero-order valence-electron chi connectivity index (χ0n) is 12.7. The van der Waals surface area contributed by atoms with Crippen molar-refractivity contribution < 1.29 is 14.3 Å². The number of hydrogen-bond acceptors (Lipinski definition) is 6. The molecule has 0 aliphatic heterocycles. The number of ether oxygens (including phenoxy) is 1. The Balaban J connectivity index is 2.10. The third kappa shape index (κ3) is 4.39. The third-order valence-electron chi connectivity index (χ3n) is 3.00. The minimum Gasteiger partial charge on any atom is -0.465 e. The average Bonchev–Trinajstić information content (AvgIpc) is 2.62. The molecule has 25 heavy (non-hydrogen) atoms. The van der Waals surface area contributed by atoms with Gasteiger partial charge in [-0.05, 0) is 17.7 Å². The van der Waals surface area contributed by atoms with E-state index in [2.05, 4.69) is 20.2 Å². The Bertz CT molecular complexity index is 854. The van der Waals surface area contributed by atoms with Crippen LogP contribution in [0.15, 0.2) is 29.4 Å². The maximum atomic E-state index is 12.1. The van der Waals surface area contributed by atoms with E-state index < -0.39 is 11.9 Å². The number of hydrogen-bond donors (Lipinski definition) is 2. The zero-order chi connectivity index (χ0) is 18.6. The number of methoxy groups -OCH3 is 1. The summed E-state index contributed by atoms with van der Waals surface area (Å²) in [5.41, 5.74) is 8.68. The Kier molecular flexibility index (Phi) is 6.19. The van der Waals surface area contributed by atoms with Crippen LogP contribution in [0.2, 0.25) is 15.2 Å². The molecule has 0 bridgehead atoms. The summed E-state index contributed by atoms with van der Waals surface area (Å²) in [7, 11) is 1.29. The lowest BCUT2D eigenvalue weighted by atomic mass is 10.1. The molecule has 0 saturated carbocycles. The van der Waals surface area contributed by atoms with Gasteiger partial charge in [0.2, 0.25) is 0 Å². The fraction of sp³-hybridized carbons (Fsp3) is 0.0667. The molecule has 0 atom stereocenters. The van der Waals surface area contributed by atoms with Gasteiger partial charge in [-0.2, -0.15) is 5.10 Å². The largest absolute Gasteiger partial charge is 0.465 e. The molecule has 0 fully saturated rings. The molecule has 2 rings (SSSR count). The predicted molar refractivity (Wildman–Crippen MR) is 96.5 cm³/mol. The van der Waals surface area contributed by atoms with Crippen LogP contribution in [0, 0.1) is 0 Å². The van der Waals surface area contributed by atoms with Gasteiger partial charge in [0.15, 0.2) is 10.8 Å². The molecule has 0 aliphatic rings. The molecule has 1 aromatic heterocycles. The highest BCUT2D eigenvalue weighted by atomic mass is 35.5. The lowest BCUT2D eigenvalue weighted by Crippen LogP contribution is -2.20. The van der Waals surface area contributed by atoms with Crippen molar-refractivity contribution in [2.75, 3.05) is 12.8 Å². The minimum absolute atomic E-state index is 0.0302. The van der Waals surface area contributed by atoms with Crippen LogP contribution in [0.5, 0.6) is 0 Å². The number of nitrogens with two attached hydrogens (primary N) is 1. The number of nitrogens with one attached hydrogen (secondary N) is 1. The number of amides is 1. The number of esters is 1. The number of halogens is 3. The first kappa shape index (κ1) is 19.0. The van der Waals surface area contributed by atoms with E-state index in [4.69, 9.17) is 40.5 Å². The number of nitrogen functional groups attached to an aromatic ring is 1. The Morgan fingerprint density at radius 2 is 1.84 bits per heavy atom. The summed E-state index contributed by atoms with van der Waals surface area (Å²) in [6.07, 6.45) is 1.37. The smallest absolute Gasteiger partial charge is 0.337 e. The van der Waals surface area contributed by atoms with Gasteiger partial charge in [-0.15, -0.1) is 0 Å². The SMILES string of the molecule is COC(=O)c1ccc(/C=N/NC(=O)c2nc(Cl)c(Cl)c(N)c2Cl)cc1. The first-order valence-corrected chi connectivity index (χ1v) is 7.80. The number of carbonyl (C=O) groups is 2. The second-order valence-corrected chi connectivity index (χ2v) is 5.72. The Morgan fingerprint density at radius 1 is 1.20 bits per heavy atom. The highest BCUT2D eigenvalue weighted by Crippen LogP contribution is 2.34. The lowest BCUT2D eigenvalue weighted by Gasteiger charge is -2.07. The molecule has 1 amide bonds. The molecular weight excluding hydrogens is 391 g/mol. The number of anilines is 1. The van der Waals surface area contributed by atoms with Gasteiger partial charge < -0.3 is 10.5 Å². The molecule has 2 aromatic rings. The first-order chi connectivity index (χ1) is 11.8. The highest BCUT2D eigenvalue weighted by molar-refractivity contribution is 6.46. The second kappa shape index (κ2) is 8.15. The number of hydrazone groups is 1. The molecule has 0 spiro atoms. The molecule has 1 heterocycles. The maximum absolute atomic E-state index is 12.1. The van der Waals surface area contributed by atoms with Crippen LogP contribution in [0.4, 0.5) is 5.69 Å². The molecule has 10 heteroatoms. The number of carbonyl (C=O) groups excluding carboxylic acids is 2. The molecular formula is C15H11Cl3N4O3. The fourth-order valence-corrected chi connectivity index (χ4v) is 2.32. The van der Waals surface area contributed by atoms with E-state index >= 15 is 0 Å². The highest BCUT2D eigenvalue weighted by Gasteiger charge is 2.19. The lowest BCUT2D eigenvalue weighted by molar-refractivity contribution is 0.0600. The van der Waals surface area contributed by atoms with Gasteiger partial charge in [0.25, 0.3) is 5.91 Å². The van der Waals surface area contributed by atoms with Crippen molar-refractivity contribution in [2.24, 2.45) is 5.10 Å². The van der Waals surface area contributed by atoms with Crippen molar-refractivity contribution in [3.63, 3.8) is 0 Å². The van der Waals surface area contributed by atoms with Crippen molar-refractivity contribution in [3.05, 3.63) is 56.3 Å². The maximum Gasteiger partial charge on any atom is 0.337 e. The molecule has 0 aliphatic carbocycles. The van der Waals surface area contributed by atoms with Crippen LogP contribution in [0.3, 0.4) is 0 Å². The van der Waals surface area contributed by atoms with Gasteiger partial charge in [0.1, 0.15) is 5.02 Å². The van der Waals surface area contributed by atoms with Crippen molar-refractivity contribution >= 4 is 58.6 Å². The van der Waals surface area contributed by atoms with Gasteiger partial charge in [-0.1, -0.05) is 46.9 Å². The van der Waals surface area contributed by atoms with Gasteiger partial charge in [-0.3, -0.25) is 4.79 Å². The van der Waals surface area contributed by atoms with Crippen LogP contribution in [-0.2, 0) is 4.74 Å². The Labute approximate surface area is 157 Å². The summed E-state index contributed by atoms with van der Waals surface area (Å²) >= 11 is 17.5. The van der Waals surface area contributed by atoms with Crippen molar-refractivity contribution in [2.45, 2.75) is 0 Å². The standard InChI is InChI=1S/C15H11Cl3N4O3/c1-25-15(24)8-4-2-7(3-5-8)6-20-22-14(23)12-9(16)11(19)10(17)13(18)21-12/h2-6H,1H3,(H2,19,21)(H,22,23)/b20-6+. The summed E-state index contributed by atoms with van der Waals surface area (Å²) < 4.78 is 4.60. The second-order valence-electron chi connectivity index (χ2n) is 4.61. The van der Waals surface area contributed by atoms with Gasteiger partial charge >= 0.3 is 5.97 Å². The number of benzene rings is 1. The topological polar surface area (TPSA) is 107 Å². The van der Waals surface area contributed by atoms with Crippen LogP contribution in [0.25, 0.3) is 0 Å². The van der Waals surface area contributed by atoms with E-state index in [-0.39, 0.29) is 26.6 Å². The van der Waals surface area contributed by atoms with Crippen LogP contribution >= 0.6 is 34.8 Å². The number of pyridine rings is 1. The Morgan fingerprint density at radius 3 is 2.44 bits per heavy atom. The molecule has 7 nitrogen and oxygen atoms in total. The number of aromatic nitrogens is 1. The third-order valence-corrected chi connectivity index (χ3v) is 4.13. The van der Waals surface area contributed by atoms with E-state index in [1.54, 1.807) is 24.3 Å². The van der Waals surface area contributed by atoms with Crippen LogP contribution in [0.1, 0.15) is 26.4 Å². The molecule has 3 N–H and O–H groups in total. The van der Waals surface area contributed by atoms with Gasteiger partial charge in [0.05, 0.1) is 29.6 Å². The summed E-state index contributed by atoms with van der Waals surface area (Å²) in [6.45, 7) is 0.